The van der Waals surface area contributed by atoms with Gasteiger partial charge >= 0.3 is 0 Å². The Bertz CT molecular complexity index is 408. The highest BCUT2D eigenvalue weighted by Gasteiger charge is 2.21. The summed E-state index contributed by atoms with van der Waals surface area (Å²) in [6.45, 7) is 1.35. The van der Waals surface area contributed by atoms with Crippen molar-refractivity contribution in [3.05, 3.63) is 23.9 Å². The number of β-amino-alcohol motifs (C(OH)–C–C–N with tert-alkyl or cyclic N) is 1. The zero-order chi connectivity index (χ0) is 11.5. The van der Waals surface area contributed by atoms with Crippen molar-refractivity contribution in [2.24, 2.45) is 10.9 Å². The topological polar surface area (TPSA) is 95.0 Å². The van der Waals surface area contributed by atoms with Gasteiger partial charge in [0.1, 0.15) is 5.82 Å². The zero-order valence-corrected chi connectivity index (χ0v) is 8.74. The van der Waals surface area contributed by atoms with Crippen molar-refractivity contribution >= 4 is 11.7 Å². The Labute approximate surface area is 93.0 Å². The SMILES string of the molecule is NC(=NO)c1ccnc(N2CCC(O)C2)c1. The molecule has 0 spiro atoms. The number of pyridine rings is 1. The van der Waals surface area contributed by atoms with Crippen molar-refractivity contribution in [2.45, 2.75) is 12.5 Å². The van der Waals surface area contributed by atoms with Crippen LogP contribution in [-0.2, 0) is 0 Å². The van der Waals surface area contributed by atoms with E-state index in [1.165, 1.54) is 0 Å². The van der Waals surface area contributed by atoms with Gasteiger partial charge in [0.15, 0.2) is 5.84 Å². The van der Waals surface area contributed by atoms with Gasteiger partial charge in [0.2, 0.25) is 0 Å². The Hall–Kier alpha value is -1.82. The number of amidine groups is 1. The van der Waals surface area contributed by atoms with E-state index in [0.717, 1.165) is 18.8 Å². The second kappa shape index (κ2) is 4.36. The molecule has 0 aromatic carbocycles. The minimum atomic E-state index is -0.297. The van der Waals surface area contributed by atoms with Crippen LogP contribution in [0.2, 0.25) is 0 Å². The van der Waals surface area contributed by atoms with Crippen LogP contribution in [0.25, 0.3) is 0 Å². The first kappa shape index (κ1) is 10.7. The van der Waals surface area contributed by atoms with E-state index in [1.54, 1.807) is 18.3 Å². The highest BCUT2D eigenvalue weighted by Crippen LogP contribution is 2.18. The number of hydrogen-bond acceptors (Lipinski definition) is 5. The molecule has 0 aliphatic carbocycles. The molecule has 16 heavy (non-hydrogen) atoms. The van der Waals surface area contributed by atoms with Gasteiger partial charge < -0.3 is 20.9 Å². The van der Waals surface area contributed by atoms with Crippen molar-refractivity contribution in [2.75, 3.05) is 18.0 Å². The average molecular weight is 222 g/mol. The Morgan fingerprint density at radius 2 is 2.44 bits per heavy atom. The quantitative estimate of drug-likeness (QED) is 0.277. The lowest BCUT2D eigenvalue weighted by atomic mass is 10.2. The standard InChI is InChI=1S/C10H14N4O2/c11-10(13-16)7-1-3-12-9(5-7)14-4-2-8(15)6-14/h1,3,5,8,15-16H,2,4,6H2,(H2,11,13). The smallest absolute Gasteiger partial charge is 0.170 e. The first-order valence-electron chi connectivity index (χ1n) is 5.07. The number of rotatable bonds is 2. The van der Waals surface area contributed by atoms with E-state index in [-0.39, 0.29) is 11.9 Å². The molecule has 1 atom stereocenters. The second-order valence-corrected chi connectivity index (χ2v) is 3.78. The molecule has 2 rings (SSSR count). The number of aliphatic hydroxyl groups is 1. The molecule has 1 aromatic heterocycles. The van der Waals surface area contributed by atoms with E-state index in [0.29, 0.717) is 12.1 Å². The largest absolute Gasteiger partial charge is 0.409 e. The minimum Gasteiger partial charge on any atom is -0.409 e. The highest BCUT2D eigenvalue weighted by molar-refractivity contribution is 5.97. The lowest BCUT2D eigenvalue weighted by Gasteiger charge is -2.16. The van der Waals surface area contributed by atoms with E-state index >= 15 is 0 Å². The van der Waals surface area contributed by atoms with Gasteiger partial charge in [-0.2, -0.15) is 0 Å². The fourth-order valence-corrected chi connectivity index (χ4v) is 1.76. The van der Waals surface area contributed by atoms with Gasteiger partial charge in [0.25, 0.3) is 0 Å². The average Bonchev–Trinajstić information content (AvgIpc) is 2.75. The molecule has 1 aliphatic heterocycles. The molecule has 0 radical (unpaired) electrons. The Kier molecular flexibility index (Phi) is 2.91. The van der Waals surface area contributed by atoms with Crippen LogP contribution in [0.3, 0.4) is 0 Å². The van der Waals surface area contributed by atoms with Crippen LogP contribution in [-0.4, -0.2) is 40.3 Å². The Morgan fingerprint density at radius 3 is 3.06 bits per heavy atom. The van der Waals surface area contributed by atoms with Crippen LogP contribution < -0.4 is 10.6 Å². The summed E-state index contributed by atoms with van der Waals surface area (Å²) < 4.78 is 0. The lowest BCUT2D eigenvalue weighted by molar-refractivity contribution is 0.198. The van der Waals surface area contributed by atoms with Gasteiger partial charge in [0, 0.05) is 24.8 Å². The number of nitrogens with zero attached hydrogens (tertiary/aromatic N) is 3. The first-order chi connectivity index (χ1) is 7.70. The van der Waals surface area contributed by atoms with Gasteiger partial charge in [0.05, 0.1) is 6.10 Å². The van der Waals surface area contributed by atoms with Crippen LogP contribution in [0.15, 0.2) is 23.5 Å². The molecule has 2 heterocycles. The van der Waals surface area contributed by atoms with Crippen LogP contribution in [0.5, 0.6) is 0 Å². The van der Waals surface area contributed by atoms with E-state index in [2.05, 4.69) is 10.1 Å². The molecule has 1 saturated heterocycles. The van der Waals surface area contributed by atoms with Crippen molar-refractivity contribution in [3.8, 4) is 0 Å². The van der Waals surface area contributed by atoms with E-state index < -0.39 is 0 Å². The molecule has 1 aromatic rings. The van der Waals surface area contributed by atoms with Gasteiger partial charge in [-0.05, 0) is 18.6 Å². The van der Waals surface area contributed by atoms with Crippen molar-refractivity contribution in [3.63, 3.8) is 0 Å². The third-order valence-electron chi connectivity index (χ3n) is 2.64. The summed E-state index contributed by atoms with van der Waals surface area (Å²) in [5.41, 5.74) is 6.11. The number of aliphatic hydroxyl groups excluding tert-OH is 1. The fraction of sp³-hybridized carbons (Fsp3) is 0.400. The van der Waals surface area contributed by atoms with Gasteiger partial charge in [-0.15, -0.1) is 0 Å². The van der Waals surface area contributed by atoms with E-state index in [1.807, 2.05) is 4.90 Å². The monoisotopic (exact) mass is 222 g/mol. The summed E-state index contributed by atoms with van der Waals surface area (Å²) in [6.07, 6.45) is 2.05. The summed E-state index contributed by atoms with van der Waals surface area (Å²) in [5, 5.41) is 20.9. The van der Waals surface area contributed by atoms with Crippen LogP contribution in [0, 0.1) is 0 Å². The molecular weight excluding hydrogens is 208 g/mol. The maximum absolute atomic E-state index is 9.43. The summed E-state index contributed by atoms with van der Waals surface area (Å²) in [7, 11) is 0. The first-order valence-corrected chi connectivity index (χ1v) is 5.07. The van der Waals surface area contributed by atoms with E-state index in [9.17, 15) is 5.11 Å². The predicted octanol–water partition coefficient (Wildman–Crippen LogP) is -0.253. The number of aromatic nitrogens is 1. The molecule has 6 heteroatoms. The number of oxime groups is 1. The second-order valence-electron chi connectivity index (χ2n) is 3.78. The van der Waals surface area contributed by atoms with Gasteiger partial charge in [-0.25, -0.2) is 4.98 Å². The molecule has 0 saturated carbocycles. The summed E-state index contributed by atoms with van der Waals surface area (Å²) in [6, 6.07) is 3.41. The van der Waals surface area contributed by atoms with Crippen LogP contribution >= 0.6 is 0 Å². The summed E-state index contributed by atoms with van der Waals surface area (Å²) in [4.78, 5) is 6.17. The molecule has 0 bridgehead atoms. The maximum atomic E-state index is 9.43. The maximum Gasteiger partial charge on any atom is 0.170 e. The van der Waals surface area contributed by atoms with Crippen molar-refractivity contribution in [1.29, 1.82) is 0 Å². The van der Waals surface area contributed by atoms with Crippen LogP contribution in [0.1, 0.15) is 12.0 Å². The minimum absolute atomic E-state index is 0.0587. The highest BCUT2D eigenvalue weighted by atomic mass is 16.4. The van der Waals surface area contributed by atoms with Crippen molar-refractivity contribution in [1.82, 2.24) is 4.98 Å². The normalized spacial score (nSPS) is 21.4. The third kappa shape index (κ3) is 2.06. The summed E-state index contributed by atoms with van der Waals surface area (Å²) in [5.74, 6) is 0.795. The molecule has 4 N–H and O–H groups in total. The number of hydrogen-bond donors (Lipinski definition) is 3. The predicted molar refractivity (Wildman–Crippen MR) is 59.6 cm³/mol. The molecule has 6 nitrogen and oxygen atoms in total. The van der Waals surface area contributed by atoms with Gasteiger partial charge in [-0.1, -0.05) is 5.16 Å². The fourth-order valence-electron chi connectivity index (χ4n) is 1.76. The molecule has 1 aliphatic rings. The number of anilines is 1. The molecule has 0 amide bonds. The lowest BCUT2D eigenvalue weighted by Crippen LogP contribution is -2.23. The van der Waals surface area contributed by atoms with Crippen molar-refractivity contribution < 1.29 is 10.3 Å². The zero-order valence-electron chi connectivity index (χ0n) is 8.74. The van der Waals surface area contributed by atoms with Gasteiger partial charge in [-0.3, -0.25) is 0 Å². The third-order valence-corrected chi connectivity index (χ3v) is 2.64. The molecule has 1 fully saturated rings. The Balaban J connectivity index is 2.22. The molecule has 1 unspecified atom stereocenters. The number of nitrogens with two attached hydrogens (primary N) is 1. The Morgan fingerprint density at radius 1 is 1.62 bits per heavy atom. The molecular formula is C10H14N4O2. The molecule has 86 valence electrons. The van der Waals surface area contributed by atoms with E-state index in [4.69, 9.17) is 10.9 Å². The summed E-state index contributed by atoms with van der Waals surface area (Å²) >= 11 is 0. The van der Waals surface area contributed by atoms with Crippen LogP contribution in [0.4, 0.5) is 5.82 Å².